The molecule has 0 aliphatic rings. The van der Waals surface area contributed by atoms with Crippen LogP contribution < -0.4 is 5.32 Å². The Morgan fingerprint density at radius 2 is 1.75 bits per heavy atom. The molecule has 0 saturated heterocycles. The van der Waals surface area contributed by atoms with Crippen LogP contribution in [-0.2, 0) is 0 Å². The molecule has 0 atom stereocenters. The van der Waals surface area contributed by atoms with E-state index in [0.717, 1.165) is 9.26 Å². The average Bonchev–Trinajstić information content (AvgIpc) is 2.49. The summed E-state index contributed by atoms with van der Waals surface area (Å²) in [5.41, 5.74) is 1.42. The lowest BCUT2D eigenvalue weighted by Gasteiger charge is -2.02. The number of para-hydroxylation sites is 1. The number of anilines is 1. The molecule has 0 spiro atoms. The van der Waals surface area contributed by atoms with Crippen molar-refractivity contribution in [1.29, 1.82) is 5.26 Å². The number of nitriles is 1. The average molecular weight is 374 g/mol. The molecular weight excluding hydrogens is 363 g/mol. The number of hydrogen-bond acceptors (Lipinski definition) is 3. The standard InChI is InChI=1S/C16H11IN2O/c17-14-8-6-12(7-9-14)16(20)13(10-18)11-19-15-4-2-1-3-5-15/h1-9,11,19H/b13-11+. The number of ketones is 1. The van der Waals surface area contributed by atoms with Crippen LogP contribution in [0.4, 0.5) is 5.69 Å². The van der Waals surface area contributed by atoms with Gasteiger partial charge in [-0.05, 0) is 59.0 Å². The Morgan fingerprint density at radius 1 is 1.10 bits per heavy atom. The molecule has 98 valence electrons. The number of Topliss-reactive ketones (excluding diaryl/α,β-unsaturated/α-hetero) is 1. The summed E-state index contributed by atoms with van der Waals surface area (Å²) >= 11 is 2.17. The Balaban J connectivity index is 2.18. The highest BCUT2D eigenvalue weighted by Crippen LogP contribution is 2.12. The van der Waals surface area contributed by atoms with Gasteiger partial charge in [-0.3, -0.25) is 4.79 Å². The van der Waals surface area contributed by atoms with Crippen LogP contribution in [0.25, 0.3) is 0 Å². The van der Waals surface area contributed by atoms with Crippen LogP contribution in [0, 0.1) is 14.9 Å². The Morgan fingerprint density at radius 3 is 2.35 bits per heavy atom. The van der Waals surface area contributed by atoms with E-state index < -0.39 is 0 Å². The van der Waals surface area contributed by atoms with Gasteiger partial charge in [-0.2, -0.15) is 5.26 Å². The normalized spacial score (nSPS) is 10.7. The number of carbonyl (C=O) groups is 1. The van der Waals surface area contributed by atoms with Crippen molar-refractivity contribution in [3.63, 3.8) is 0 Å². The SMILES string of the molecule is N#C/C(=C\Nc1ccccc1)C(=O)c1ccc(I)cc1. The molecule has 0 unspecified atom stereocenters. The molecule has 3 nitrogen and oxygen atoms in total. The van der Waals surface area contributed by atoms with E-state index in [1.54, 1.807) is 12.1 Å². The first-order valence-electron chi connectivity index (χ1n) is 5.93. The van der Waals surface area contributed by atoms with E-state index in [9.17, 15) is 4.79 Å². The number of nitrogens with zero attached hydrogens (tertiary/aromatic N) is 1. The van der Waals surface area contributed by atoms with Gasteiger partial charge in [0.15, 0.2) is 0 Å². The predicted octanol–water partition coefficient (Wildman–Crippen LogP) is 3.99. The zero-order valence-corrected chi connectivity index (χ0v) is 12.7. The van der Waals surface area contributed by atoms with Crippen molar-refractivity contribution in [3.05, 3.63) is 75.5 Å². The summed E-state index contributed by atoms with van der Waals surface area (Å²) in [5.74, 6) is -0.285. The Labute approximate surface area is 131 Å². The van der Waals surface area contributed by atoms with Crippen molar-refractivity contribution in [2.75, 3.05) is 5.32 Å². The monoisotopic (exact) mass is 374 g/mol. The van der Waals surface area contributed by atoms with Crippen molar-refractivity contribution in [2.24, 2.45) is 0 Å². The summed E-state index contributed by atoms with van der Waals surface area (Å²) < 4.78 is 1.05. The summed E-state index contributed by atoms with van der Waals surface area (Å²) in [4.78, 5) is 12.2. The molecule has 0 aromatic heterocycles. The Bertz CT molecular complexity index is 670. The third-order valence-corrected chi connectivity index (χ3v) is 3.35. The third kappa shape index (κ3) is 3.68. The third-order valence-electron chi connectivity index (χ3n) is 2.63. The lowest BCUT2D eigenvalue weighted by molar-refractivity contribution is 0.103. The molecule has 20 heavy (non-hydrogen) atoms. The largest absolute Gasteiger partial charge is 0.360 e. The van der Waals surface area contributed by atoms with Gasteiger partial charge in [0.05, 0.1) is 0 Å². The fourth-order valence-electron chi connectivity index (χ4n) is 1.60. The first kappa shape index (κ1) is 14.3. The van der Waals surface area contributed by atoms with Crippen molar-refractivity contribution in [3.8, 4) is 6.07 Å². The van der Waals surface area contributed by atoms with Gasteiger partial charge in [-0.15, -0.1) is 0 Å². The maximum absolute atomic E-state index is 12.2. The number of hydrogen-bond donors (Lipinski definition) is 1. The second-order valence-corrected chi connectivity index (χ2v) is 5.26. The maximum Gasteiger partial charge on any atom is 0.205 e. The lowest BCUT2D eigenvalue weighted by Crippen LogP contribution is -2.04. The quantitative estimate of drug-likeness (QED) is 0.381. The molecule has 0 aliphatic heterocycles. The molecule has 0 amide bonds. The molecule has 4 heteroatoms. The number of allylic oxidation sites excluding steroid dienone is 1. The van der Waals surface area contributed by atoms with E-state index in [0.29, 0.717) is 5.56 Å². The molecule has 0 saturated carbocycles. The molecule has 2 aromatic rings. The van der Waals surface area contributed by atoms with Crippen LogP contribution in [0.15, 0.2) is 66.4 Å². The van der Waals surface area contributed by atoms with Gasteiger partial charge in [-0.1, -0.05) is 18.2 Å². The van der Waals surface area contributed by atoms with Gasteiger partial charge >= 0.3 is 0 Å². The summed E-state index contributed by atoms with van der Waals surface area (Å²) in [6, 6.07) is 18.4. The van der Waals surface area contributed by atoms with E-state index in [4.69, 9.17) is 5.26 Å². The van der Waals surface area contributed by atoms with E-state index >= 15 is 0 Å². The first-order chi connectivity index (χ1) is 9.70. The number of benzene rings is 2. The van der Waals surface area contributed by atoms with Crippen LogP contribution in [0.5, 0.6) is 0 Å². The highest BCUT2D eigenvalue weighted by Gasteiger charge is 2.11. The molecular formula is C16H11IN2O. The van der Waals surface area contributed by atoms with Gasteiger partial charge < -0.3 is 5.32 Å². The molecule has 1 N–H and O–H groups in total. The van der Waals surface area contributed by atoms with Crippen molar-refractivity contribution < 1.29 is 4.79 Å². The topological polar surface area (TPSA) is 52.9 Å². The minimum atomic E-state index is -0.285. The summed E-state index contributed by atoms with van der Waals surface area (Å²) in [6.45, 7) is 0. The molecule has 2 aromatic carbocycles. The molecule has 0 fully saturated rings. The summed E-state index contributed by atoms with van der Waals surface area (Å²) in [7, 11) is 0. The van der Waals surface area contributed by atoms with Crippen LogP contribution in [0.3, 0.4) is 0 Å². The number of nitrogens with one attached hydrogen (secondary N) is 1. The Hall–Kier alpha value is -2.13. The van der Waals surface area contributed by atoms with Crippen LogP contribution in [-0.4, -0.2) is 5.78 Å². The fourth-order valence-corrected chi connectivity index (χ4v) is 1.95. The molecule has 0 radical (unpaired) electrons. The number of rotatable bonds is 4. The molecule has 0 bridgehead atoms. The highest BCUT2D eigenvalue weighted by atomic mass is 127. The first-order valence-corrected chi connectivity index (χ1v) is 7.00. The van der Waals surface area contributed by atoms with Crippen molar-refractivity contribution >= 4 is 34.1 Å². The second kappa shape index (κ2) is 6.87. The van der Waals surface area contributed by atoms with E-state index in [-0.39, 0.29) is 11.4 Å². The zero-order valence-electron chi connectivity index (χ0n) is 10.5. The van der Waals surface area contributed by atoms with Crippen LogP contribution >= 0.6 is 22.6 Å². The summed E-state index contributed by atoms with van der Waals surface area (Å²) in [5, 5.41) is 12.1. The second-order valence-electron chi connectivity index (χ2n) is 4.02. The molecule has 2 rings (SSSR count). The minimum absolute atomic E-state index is 0.0788. The minimum Gasteiger partial charge on any atom is -0.360 e. The van der Waals surface area contributed by atoms with E-state index in [1.807, 2.05) is 48.5 Å². The Kier molecular flexibility index (Phi) is 4.91. The van der Waals surface area contributed by atoms with E-state index in [1.165, 1.54) is 6.20 Å². The number of halogens is 1. The lowest BCUT2D eigenvalue weighted by atomic mass is 10.1. The predicted molar refractivity (Wildman–Crippen MR) is 87.3 cm³/mol. The van der Waals surface area contributed by atoms with Crippen LogP contribution in [0.1, 0.15) is 10.4 Å². The van der Waals surface area contributed by atoms with Crippen LogP contribution in [0.2, 0.25) is 0 Å². The zero-order chi connectivity index (χ0) is 14.4. The van der Waals surface area contributed by atoms with Crippen molar-refractivity contribution in [1.82, 2.24) is 0 Å². The highest BCUT2D eigenvalue weighted by molar-refractivity contribution is 14.1. The smallest absolute Gasteiger partial charge is 0.205 e. The maximum atomic E-state index is 12.2. The molecule has 0 aliphatic carbocycles. The van der Waals surface area contributed by atoms with Gasteiger partial charge in [0.1, 0.15) is 11.6 Å². The van der Waals surface area contributed by atoms with Gasteiger partial charge in [0, 0.05) is 21.0 Å². The molecule has 0 heterocycles. The number of carbonyl (C=O) groups excluding carboxylic acids is 1. The van der Waals surface area contributed by atoms with Gasteiger partial charge in [0.2, 0.25) is 5.78 Å². The van der Waals surface area contributed by atoms with Gasteiger partial charge in [0.25, 0.3) is 0 Å². The van der Waals surface area contributed by atoms with Gasteiger partial charge in [-0.25, -0.2) is 0 Å². The summed E-state index contributed by atoms with van der Waals surface area (Å²) in [6.07, 6.45) is 1.44. The fraction of sp³-hybridized carbons (Fsp3) is 0. The van der Waals surface area contributed by atoms with Crippen molar-refractivity contribution in [2.45, 2.75) is 0 Å². The van der Waals surface area contributed by atoms with E-state index in [2.05, 4.69) is 27.9 Å².